The van der Waals surface area contributed by atoms with Crippen LogP contribution in [-0.4, -0.2) is 28.2 Å². The Morgan fingerprint density at radius 3 is 2.94 bits per heavy atom. The van der Waals surface area contributed by atoms with Gasteiger partial charge in [0.2, 0.25) is 5.76 Å². The van der Waals surface area contributed by atoms with Crippen LogP contribution < -0.4 is 4.74 Å². The van der Waals surface area contributed by atoms with Crippen molar-refractivity contribution >= 4 is 29.3 Å². The van der Waals surface area contributed by atoms with Gasteiger partial charge in [-0.15, -0.1) is 0 Å². The number of nitrogens with zero attached hydrogens (tertiary/aromatic N) is 2. The summed E-state index contributed by atoms with van der Waals surface area (Å²) in [7, 11) is 1.44. The van der Waals surface area contributed by atoms with Crippen molar-refractivity contribution in [3.63, 3.8) is 0 Å². The molecule has 0 saturated carbocycles. The average Bonchev–Trinajstić information content (AvgIpc) is 2.81. The molecular formula is C10H7ClN2O4S. The Kier molecular flexibility index (Phi) is 3.73. The van der Waals surface area contributed by atoms with Crippen molar-refractivity contribution in [2.45, 2.75) is 10.1 Å². The van der Waals surface area contributed by atoms with Crippen molar-refractivity contribution in [1.82, 2.24) is 9.97 Å². The van der Waals surface area contributed by atoms with Gasteiger partial charge < -0.3 is 14.3 Å². The Morgan fingerprint density at radius 2 is 2.33 bits per heavy atom. The summed E-state index contributed by atoms with van der Waals surface area (Å²) >= 11 is 7.00. The van der Waals surface area contributed by atoms with Gasteiger partial charge in [-0.05, 0) is 23.9 Å². The maximum Gasteiger partial charge on any atom is 0.371 e. The van der Waals surface area contributed by atoms with Crippen LogP contribution in [-0.2, 0) is 0 Å². The van der Waals surface area contributed by atoms with E-state index in [1.807, 2.05) is 0 Å². The molecule has 0 aromatic carbocycles. The van der Waals surface area contributed by atoms with E-state index < -0.39 is 5.97 Å². The first-order valence-electron chi connectivity index (χ1n) is 4.67. The number of rotatable bonds is 4. The van der Waals surface area contributed by atoms with E-state index in [1.54, 1.807) is 0 Å². The lowest BCUT2D eigenvalue weighted by Crippen LogP contribution is -1.93. The molecule has 94 valence electrons. The van der Waals surface area contributed by atoms with Crippen molar-refractivity contribution in [3.8, 4) is 6.01 Å². The van der Waals surface area contributed by atoms with Crippen molar-refractivity contribution in [1.29, 1.82) is 0 Å². The van der Waals surface area contributed by atoms with Crippen molar-refractivity contribution in [2.24, 2.45) is 0 Å². The Balaban J connectivity index is 2.24. The number of aromatic carboxylic acids is 1. The van der Waals surface area contributed by atoms with Gasteiger partial charge in [-0.2, -0.15) is 4.98 Å². The van der Waals surface area contributed by atoms with Gasteiger partial charge in [0, 0.05) is 0 Å². The number of furan rings is 1. The number of carboxylic acid groups (broad SMARTS) is 1. The second-order valence-corrected chi connectivity index (χ2v) is 4.44. The van der Waals surface area contributed by atoms with Crippen molar-refractivity contribution in [3.05, 3.63) is 29.1 Å². The summed E-state index contributed by atoms with van der Waals surface area (Å²) < 4.78 is 9.95. The number of carbonyl (C=O) groups is 1. The van der Waals surface area contributed by atoms with Crippen LogP contribution in [0.4, 0.5) is 0 Å². The molecule has 0 aliphatic heterocycles. The number of hydrogen-bond acceptors (Lipinski definition) is 6. The summed E-state index contributed by atoms with van der Waals surface area (Å²) in [5, 5.41) is 9.85. The number of ether oxygens (including phenoxy) is 1. The fourth-order valence-corrected chi connectivity index (χ4v) is 2.03. The lowest BCUT2D eigenvalue weighted by molar-refractivity contribution is 0.0656. The third-order valence-electron chi connectivity index (χ3n) is 1.86. The molecule has 0 fully saturated rings. The van der Waals surface area contributed by atoms with E-state index in [4.69, 9.17) is 25.9 Å². The van der Waals surface area contributed by atoms with Gasteiger partial charge >= 0.3 is 12.0 Å². The van der Waals surface area contributed by atoms with Gasteiger partial charge in [0.1, 0.15) is 5.03 Å². The average molecular weight is 287 g/mol. The third-order valence-corrected chi connectivity index (χ3v) is 3.18. The molecule has 1 N–H and O–H groups in total. The molecule has 0 atom stereocenters. The first-order chi connectivity index (χ1) is 8.60. The van der Waals surface area contributed by atoms with E-state index in [9.17, 15) is 4.79 Å². The summed E-state index contributed by atoms with van der Waals surface area (Å²) in [6.45, 7) is 0. The molecule has 0 bridgehead atoms. The lowest BCUT2D eigenvalue weighted by Gasteiger charge is -2.02. The molecular weight excluding hydrogens is 280 g/mol. The first-order valence-corrected chi connectivity index (χ1v) is 5.87. The number of hydrogen-bond donors (Lipinski definition) is 1. The first kappa shape index (κ1) is 12.7. The van der Waals surface area contributed by atoms with Crippen LogP contribution >= 0.6 is 23.4 Å². The normalized spacial score (nSPS) is 10.3. The summed E-state index contributed by atoms with van der Waals surface area (Å²) in [5.74, 6) is -1.28. The Hall–Kier alpha value is -1.73. The highest BCUT2D eigenvalue weighted by Crippen LogP contribution is 2.33. The summed E-state index contributed by atoms with van der Waals surface area (Å²) in [5.41, 5.74) is 0. The summed E-state index contributed by atoms with van der Waals surface area (Å²) in [6.07, 6.45) is 1.40. The van der Waals surface area contributed by atoms with Gasteiger partial charge in [-0.3, -0.25) is 0 Å². The minimum atomic E-state index is -1.13. The van der Waals surface area contributed by atoms with Gasteiger partial charge in [-0.1, -0.05) is 11.6 Å². The number of methoxy groups -OCH3 is 1. The molecule has 0 aliphatic carbocycles. The van der Waals surface area contributed by atoms with Crippen LogP contribution in [0.1, 0.15) is 10.6 Å². The fraction of sp³-hybridized carbons (Fsp3) is 0.100. The molecule has 2 aromatic rings. The monoisotopic (exact) mass is 286 g/mol. The Labute approximate surface area is 111 Å². The second kappa shape index (κ2) is 5.28. The summed E-state index contributed by atoms with van der Waals surface area (Å²) in [6, 6.07) is 3.06. The molecule has 0 aliphatic rings. The molecule has 0 spiro atoms. The van der Waals surface area contributed by atoms with Gasteiger partial charge in [0.05, 0.1) is 18.3 Å². The minimum absolute atomic E-state index is 0.144. The SMILES string of the molecule is COc1ncc(Cl)c(Sc2ccc(C(=O)O)o2)n1. The van der Waals surface area contributed by atoms with Gasteiger partial charge in [-0.25, -0.2) is 9.78 Å². The zero-order valence-corrected chi connectivity index (χ0v) is 10.7. The molecule has 2 rings (SSSR count). The molecule has 18 heavy (non-hydrogen) atoms. The molecule has 8 heteroatoms. The largest absolute Gasteiger partial charge is 0.475 e. The van der Waals surface area contributed by atoms with Crippen LogP contribution in [0, 0.1) is 0 Å². The van der Waals surface area contributed by atoms with Gasteiger partial charge in [0.25, 0.3) is 0 Å². The highest BCUT2D eigenvalue weighted by molar-refractivity contribution is 7.99. The molecule has 0 amide bonds. The topological polar surface area (TPSA) is 85.5 Å². The standard InChI is InChI=1S/C10H7ClN2O4S/c1-16-10-12-4-5(11)8(13-10)18-7-3-2-6(17-7)9(14)15/h2-4H,1H3,(H,14,15). The zero-order chi connectivity index (χ0) is 13.1. The molecule has 0 saturated heterocycles. The van der Waals surface area contributed by atoms with Gasteiger partial charge in [0.15, 0.2) is 5.09 Å². The maximum absolute atomic E-state index is 10.7. The van der Waals surface area contributed by atoms with E-state index >= 15 is 0 Å². The second-order valence-electron chi connectivity index (χ2n) is 3.04. The third kappa shape index (κ3) is 2.74. The Morgan fingerprint density at radius 1 is 1.56 bits per heavy atom. The fourth-order valence-electron chi connectivity index (χ4n) is 1.09. The van der Waals surface area contributed by atoms with E-state index in [0.717, 1.165) is 11.8 Å². The quantitative estimate of drug-likeness (QED) is 0.864. The van der Waals surface area contributed by atoms with E-state index in [1.165, 1.54) is 25.4 Å². The highest BCUT2D eigenvalue weighted by Gasteiger charge is 2.13. The molecule has 0 unspecified atom stereocenters. The molecule has 2 heterocycles. The highest BCUT2D eigenvalue weighted by atomic mass is 35.5. The van der Waals surface area contributed by atoms with E-state index in [-0.39, 0.29) is 11.8 Å². The maximum atomic E-state index is 10.7. The van der Waals surface area contributed by atoms with E-state index in [2.05, 4.69) is 9.97 Å². The van der Waals surface area contributed by atoms with E-state index in [0.29, 0.717) is 15.1 Å². The predicted molar refractivity (Wildman–Crippen MR) is 63.4 cm³/mol. The summed E-state index contributed by atoms with van der Waals surface area (Å²) in [4.78, 5) is 18.5. The number of carboxylic acids is 1. The van der Waals surface area contributed by atoms with Crippen LogP contribution in [0.15, 0.2) is 32.9 Å². The predicted octanol–water partition coefficient (Wildman–Crippen LogP) is 2.58. The number of aromatic nitrogens is 2. The Bertz CT molecular complexity index is 587. The molecule has 6 nitrogen and oxygen atoms in total. The van der Waals surface area contributed by atoms with Crippen LogP contribution in [0.3, 0.4) is 0 Å². The molecule has 2 aromatic heterocycles. The smallest absolute Gasteiger partial charge is 0.371 e. The van der Waals surface area contributed by atoms with Crippen molar-refractivity contribution < 1.29 is 19.1 Å². The van der Waals surface area contributed by atoms with Crippen molar-refractivity contribution in [2.75, 3.05) is 7.11 Å². The van der Waals surface area contributed by atoms with Crippen LogP contribution in [0.5, 0.6) is 6.01 Å². The number of halogens is 1. The zero-order valence-electron chi connectivity index (χ0n) is 9.08. The minimum Gasteiger partial charge on any atom is -0.475 e. The van der Waals surface area contributed by atoms with Crippen LogP contribution in [0.25, 0.3) is 0 Å². The lowest BCUT2D eigenvalue weighted by atomic mass is 10.5. The van der Waals surface area contributed by atoms with Crippen LogP contribution in [0.2, 0.25) is 5.02 Å². The molecule has 0 radical (unpaired) electrons.